The van der Waals surface area contributed by atoms with Crippen molar-refractivity contribution in [2.45, 2.75) is 46.5 Å². The molecule has 0 aliphatic carbocycles. The van der Waals surface area contributed by atoms with Crippen LogP contribution < -0.4 is 10.6 Å². The summed E-state index contributed by atoms with van der Waals surface area (Å²) in [7, 11) is 0. The molecule has 176 valence electrons. The smallest absolute Gasteiger partial charge is 0.338 e. The van der Waals surface area contributed by atoms with Crippen molar-refractivity contribution in [2.24, 2.45) is 0 Å². The van der Waals surface area contributed by atoms with E-state index in [1.807, 2.05) is 32.9 Å². The van der Waals surface area contributed by atoms with Gasteiger partial charge in [-0.1, -0.05) is 13.0 Å². The highest BCUT2D eigenvalue weighted by Gasteiger charge is 2.11. The van der Waals surface area contributed by atoms with Gasteiger partial charge in [0.25, 0.3) is 5.91 Å². The minimum atomic E-state index is -0.548. The SMILES string of the molecule is CCCOC(=O)c1ccc(NC(=O)CCCC(=O)OCC(=O)Nc2ccc(C)c(C)c2)cc1. The maximum Gasteiger partial charge on any atom is 0.338 e. The zero-order valence-electron chi connectivity index (χ0n) is 19.2. The topological polar surface area (TPSA) is 111 Å². The first kappa shape index (κ1) is 25.6. The van der Waals surface area contributed by atoms with E-state index in [1.165, 1.54) is 0 Å². The number of hydrogen-bond acceptors (Lipinski definition) is 6. The molecule has 2 amide bonds. The van der Waals surface area contributed by atoms with E-state index in [4.69, 9.17) is 9.47 Å². The van der Waals surface area contributed by atoms with Crippen molar-refractivity contribution < 1.29 is 28.7 Å². The molecular weight excluding hydrogens is 424 g/mol. The summed E-state index contributed by atoms with van der Waals surface area (Å²) >= 11 is 0. The van der Waals surface area contributed by atoms with Crippen molar-refractivity contribution in [1.29, 1.82) is 0 Å². The van der Waals surface area contributed by atoms with Crippen LogP contribution >= 0.6 is 0 Å². The monoisotopic (exact) mass is 454 g/mol. The predicted octanol–water partition coefficient (Wildman–Crippen LogP) is 4.16. The Morgan fingerprint density at radius 2 is 1.45 bits per heavy atom. The van der Waals surface area contributed by atoms with E-state index in [-0.39, 0.29) is 31.8 Å². The molecule has 2 N–H and O–H groups in total. The van der Waals surface area contributed by atoms with Gasteiger partial charge < -0.3 is 20.1 Å². The molecular formula is C25H30N2O6. The third-order valence-electron chi connectivity index (χ3n) is 4.78. The first-order valence-electron chi connectivity index (χ1n) is 10.9. The Morgan fingerprint density at radius 3 is 2.12 bits per heavy atom. The fourth-order valence-electron chi connectivity index (χ4n) is 2.82. The summed E-state index contributed by atoms with van der Waals surface area (Å²) in [6, 6.07) is 11.9. The number of benzene rings is 2. The summed E-state index contributed by atoms with van der Waals surface area (Å²) in [5, 5.41) is 5.38. The van der Waals surface area contributed by atoms with Gasteiger partial charge in [-0.25, -0.2) is 4.79 Å². The average Bonchev–Trinajstić information content (AvgIpc) is 2.79. The van der Waals surface area contributed by atoms with Gasteiger partial charge in [0, 0.05) is 24.2 Å². The van der Waals surface area contributed by atoms with E-state index in [9.17, 15) is 19.2 Å². The van der Waals surface area contributed by atoms with Gasteiger partial charge in [-0.2, -0.15) is 0 Å². The first-order valence-corrected chi connectivity index (χ1v) is 10.9. The summed E-state index contributed by atoms with van der Waals surface area (Å²) < 4.78 is 10.0. The van der Waals surface area contributed by atoms with Crippen LogP contribution in [0.4, 0.5) is 11.4 Å². The Bertz CT molecular complexity index is 985. The molecule has 0 atom stereocenters. The molecule has 2 aromatic carbocycles. The minimum Gasteiger partial charge on any atom is -0.462 e. The van der Waals surface area contributed by atoms with Crippen LogP contribution in [-0.2, 0) is 23.9 Å². The fourth-order valence-corrected chi connectivity index (χ4v) is 2.82. The summed E-state index contributed by atoms with van der Waals surface area (Å²) in [5.41, 5.74) is 3.76. The second-order valence-corrected chi connectivity index (χ2v) is 7.62. The zero-order valence-corrected chi connectivity index (χ0v) is 19.2. The zero-order chi connectivity index (χ0) is 24.2. The van der Waals surface area contributed by atoms with Crippen LogP contribution in [0.1, 0.15) is 54.1 Å². The summed E-state index contributed by atoms with van der Waals surface area (Å²) in [5.74, 6) is -1.65. The number of amides is 2. The van der Waals surface area contributed by atoms with Gasteiger partial charge in [0.2, 0.25) is 5.91 Å². The molecule has 0 heterocycles. The van der Waals surface area contributed by atoms with Crippen LogP contribution in [0.3, 0.4) is 0 Å². The molecule has 33 heavy (non-hydrogen) atoms. The molecule has 0 saturated carbocycles. The van der Waals surface area contributed by atoms with Crippen molar-refractivity contribution >= 4 is 35.1 Å². The minimum absolute atomic E-state index is 0.0204. The van der Waals surface area contributed by atoms with Crippen molar-refractivity contribution in [2.75, 3.05) is 23.8 Å². The number of hydrogen-bond donors (Lipinski definition) is 2. The van der Waals surface area contributed by atoms with Crippen LogP contribution in [0, 0.1) is 13.8 Å². The molecule has 0 spiro atoms. The van der Waals surface area contributed by atoms with E-state index in [0.29, 0.717) is 23.5 Å². The van der Waals surface area contributed by atoms with Gasteiger partial charge in [-0.3, -0.25) is 14.4 Å². The van der Waals surface area contributed by atoms with E-state index >= 15 is 0 Å². The highest BCUT2D eigenvalue weighted by molar-refractivity contribution is 5.94. The predicted molar refractivity (Wildman–Crippen MR) is 125 cm³/mol. The highest BCUT2D eigenvalue weighted by Crippen LogP contribution is 2.14. The van der Waals surface area contributed by atoms with Gasteiger partial charge in [0.05, 0.1) is 12.2 Å². The van der Waals surface area contributed by atoms with Gasteiger partial charge >= 0.3 is 11.9 Å². The summed E-state index contributed by atoms with van der Waals surface area (Å²) in [6.45, 7) is 5.81. The van der Waals surface area contributed by atoms with Crippen LogP contribution in [0.25, 0.3) is 0 Å². The molecule has 0 aromatic heterocycles. The van der Waals surface area contributed by atoms with E-state index < -0.39 is 17.8 Å². The van der Waals surface area contributed by atoms with E-state index in [1.54, 1.807) is 30.3 Å². The number of rotatable bonds is 11. The van der Waals surface area contributed by atoms with Gasteiger partial charge in [0.15, 0.2) is 6.61 Å². The normalized spacial score (nSPS) is 10.3. The van der Waals surface area contributed by atoms with Gasteiger partial charge in [-0.15, -0.1) is 0 Å². The quantitative estimate of drug-likeness (QED) is 0.493. The maximum absolute atomic E-state index is 12.1. The third-order valence-corrected chi connectivity index (χ3v) is 4.78. The Kier molecular flexibility index (Phi) is 10.1. The number of carbonyl (C=O) groups excluding carboxylic acids is 4. The van der Waals surface area contributed by atoms with E-state index in [0.717, 1.165) is 17.5 Å². The molecule has 0 fully saturated rings. The average molecular weight is 455 g/mol. The lowest BCUT2D eigenvalue weighted by atomic mass is 10.1. The second-order valence-electron chi connectivity index (χ2n) is 7.62. The largest absolute Gasteiger partial charge is 0.462 e. The lowest BCUT2D eigenvalue weighted by Gasteiger charge is -2.09. The van der Waals surface area contributed by atoms with E-state index in [2.05, 4.69) is 10.6 Å². The number of aryl methyl sites for hydroxylation is 2. The van der Waals surface area contributed by atoms with Crippen molar-refractivity contribution in [3.63, 3.8) is 0 Å². The Hall–Kier alpha value is -3.68. The number of carbonyl (C=O) groups is 4. The highest BCUT2D eigenvalue weighted by atomic mass is 16.5. The van der Waals surface area contributed by atoms with Crippen LogP contribution in [0.15, 0.2) is 42.5 Å². The fraction of sp³-hybridized carbons (Fsp3) is 0.360. The van der Waals surface area contributed by atoms with Crippen LogP contribution in [0.2, 0.25) is 0 Å². The van der Waals surface area contributed by atoms with Crippen molar-refractivity contribution in [3.05, 3.63) is 59.2 Å². The lowest BCUT2D eigenvalue weighted by molar-refractivity contribution is -0.147. The molecule has 8 nitrogen and oxygen atoms in total. The molecule has 0 unspecified atom stereocenters. The molecule has 8 heteroatoms. The molecule has 0 radical (unpaired) electrons. The van der Waals surface area contributed by atoms with Crippen molar-refractivity contribution in [1.82, 2.24) is 0 Å². The molecule has 0 bridgehead atoms. The molecule has 0 saturated heterocycles. The number of esters is 2. The Labute approximate surface area is 193 Å². The second kappa shape index (κ2) is 13.0. The maximum atomic E-state index is 12.1. The van der Waals surface area contributed by atoms with Crippen LogP contribution in [-0.4, -0.2) is 37.0 Å². The molecule has 2 aromatic rings. The number of nitrogens with one attached hydrogen (secondary N) is 2. The molecule has 0 aliphatic rings. The van der Waals surface area contributed by atoms with Gasteiger partial charge in [0.1, 0.15) is 0 Å². The standard InChI is InChI=1S/C25H30N2O6/c1-4-14-32-25(31)19-9-12-20(13-10-19)26-22(28)6-5-7-24(30)33-16-23(29)27-21-11-8-17(2)18(3)15-21/h8-13,15H,4-7,14,16H2,1-3H3,(H,26,28)(H,27,29). The Balaban J connectivity index is 1.65. The van der Waals surface area contributed by atoms with Crippen LogP contribution in [0.5, 0.6) is 0 Å². The number of ether oxygens (including phenoxy) is 2. The lowest BCUT2D eigenvalue weighted by Crippen LogP contribution is -2.21. The van der Waals surface area contributed by atoms with Crippen molar-refractivity contribution in [3.8, 4) is 0 Å². The third kappa shape index (κ3) is 9.14. The summed E-state index contributed by atoms with van der Waals surface area (Å²) in [4.78, 5) is 47.6. The first-order chi connectivity index (χ1) is 15.8. The Morgan fingerprint density at radius 1 is 0.788 bits per heavy atom. The molecule has 2 rings (SSSR count). The molecule has 0 aliphatic heterocycles. The number of anilines is 2. The summed E-state index contributed by atoms with van der Waals surface area (Å²) in [6.07, 6.45) is 1.16. The van der Waals surface area contributed by atoms with Gasteiger partial charge in [-0.05, 0) is 74.2 Å².